The Labute approximate surface area is 171 Å². The molecule has 0 fully saturated rings. The average Bonchev–Trinajstić information content (AvgIpc) is 3.38. The van der Waals surface area contributed by atoms with Crippen LogP contribution in [0.2, 0.25) is 5.02 Å². The Bertz CT molecular complexity index is 1070. The number of fused-ring (bicyclic) bond motifs is 3. The Morgan fingerprint density at radius 3 is 2.93 bits per heavy atom. The van der Waals surface area contributed by atoms with Crippen LogP contribution in [0.4, 0.5) is 0 Å². The summed E-state index contributed by atoms with van der Waals surface area (Å²) in [5.74, 6) is 1.67. The van der Waals surface area contributed by atoms with Crippen LogP contribution in [0.15, 0.2) is 58.3 Å². The summed E-state index contributed by atoms with van der Waals surface area (Å²) in [6, 6.07) is 12.9. The molecule has 2 aliphatic heterocycles. The van der Waals surface area contributed by atoms with Gasteiger partial charge in [-0.1, -0.05) is 11.6 Å². The number of aromatic hydroxyl groups is 1. The number of thiophene rings is 1. The number of phenols is 1. The summed E-state index contributed by atoms with van der Waals surface area (Å²) in [4.78, 5) is 0. The van der Waals surface area contributed by atoms with Gasteiger partial charge < -0.3 is 14.6 Å². The summed E-state index contributed by atoms with van der Waals surface area (Å²) in [7, 11) is 1.61. The largest absolute Gasteiger partial charge is 0.507 e. The van der Waals surface area contributed by atoms with Crippen LogP contribution < -0.4 is 9.47 Å². The molecular formula is C21H17ClN2O3S. The molecule has 7 heteroatoms. The van der Waals surface area contributed by atoms with E-state index in [1.165, 1.54) is 0 Å². The summed E-state index contributed by atoms with van der Waals surface area (Å²) in [5.41, 5.74) is 3.51. The van der Waals surface area contributed by atoms with Crippen LogP contribution in [-0.4, -0.2) is 22.9 Å². The van der Waals surface area contributed by atoms with E-state index in [1.54, 1.807) is 30.6 Å². The first-order valence-electron chi connectivity index (χ1n) is 8.85. The first-order chi connectivity index (χ1) is 13.6. The molecular weight excluding hydrogens is 396 g/mol. The molecule has 28 heavy (non-hydrogen) atoms. The van der Waals surface area contributed by atoms with Crippen molar-refractivity contribution in [2.45, 2.75) is 18.7 Å². The molecule has 2 aromatic carbocycles. The lowest BCUT2D eigenvalue weighted by Gasteiger charge is -2.37. The summed E-state index contributed by atoms with van der Waals surface area (Å²) in [5, 5.41) is 22.0. The van der Waals surface area contributed by atoms with Gasteiger partial charge in [-0.05, 0) is 53.2 Å². The van der Waals surface area contributed by atoms with E-state index in [-0.39, 0.29) is 18.0 Å². The molecule has 1 aromatic heterocycles. The molecule has 0 spiro atoms. The van der Waals surface area contributed by atoms with Crippen molar-refractivity contribution in [1.29, 1.82) is 0 Å². The average molecular weight is 413 g/mol. The number of hydrogen-bond donors (Lipinski definition) is 1. The third-order valence-corrected chi connectivity index (χ3v) is 6.03. The van der Waals surface area contributed by atoms with Crippen LogP contribution >= 0.6 is 22.9 Å². The van der Waals surface area contributed by atoms with Crippen molar-refractivity contribution in [2.24, 2.45) is 5.10 Å². The quantitative estimate of drug-likeness (QED) is 0.629. The van der Waals surface area contributed by atoms with Crippen molar-refractivity contribution < 1.29 is 14.6 Å². The zero-order valence-electron chi connectivity index (χ0n) is 15.0. The van der Waals surface area contributed by atoms with E-state index in [2.05, 4.69) is 5.38 Å². The predicted molar refractivity (Wildman–Crippen MR) is 110 cm³/mol. The fourth-order valence-corrected chi connectivity index (χ4v) is 4.58. The second-order valence-corrected chi connectivity index (χ2v) is 7.96. The van der Waals surface area contributed by atoms with Crippen molar-refractivity contribution in [3.63, 3.8) is 0 Å². The van der Waals surface area contributed by atoms with Crippen molar-refractivity contribution in [3.8, 4) is 17.2 Å². The van der Waals surface area contributed by atoms with Crippen molar-refractivity contribution >= 4 is 28.6 Å². The maximum Gasteiger partial charge on any atom is 0.214 e. The van der Waals surface area contributed by atoms with Crippen LogP contribution in [0, 0.1) is 0 Å². The predicted octanol–water partition coefficient (Wildman–Crippen LogP) is 5.36. The van der Waals surface area contributed by atoms with Crippen molar-refractivity contribution in [1.82, 2.24) is 5.01 Å². The van der Waals surface area contributed by atoms with Crippen LogP contribution in [0.1, 0.15) is 35.4 Å². The van der Waals surface area contributed by atoms with Gasteiger partial charge in [0, 0.05) is 28.1 Å². The van der Waals surface area contributed by atoms with E-state index in [0.29, 0.717) is 22.8 Å². The van der Waals surface area contributed by atoms with E-state index >= 15 is 0 Å². The van der Waals surface area contributed by atoms with Gasteiger partial charge in [-0.25, -0.2) is 5.01 Å². The molecule has 2 atom stereocenters. The Hall–Kier alpha value is -2.70. The molecule has 5 rings (SSSR count). The Morgan fingerprint density at radius 1 is 1.25 bits per heavy atom. The lowest BCUT2D eigenvalue weighted by Crippen LogP contribution is -2.33. The summed E-state index contributed by atoms with van der Waals surface area (Å²) in [6.07, 6.45) is 0.313. The highest BCUT2D eigenvalue weighted by atomic mass is 35.5. The van der Waals surface area contributed by atoms with E-state index in [1.807, 2.05) is 40.7 Å². The lowest BCUT2D eigenvalue weighted by atomic mass is 9.95. The molecule has 0 saturated carbocycles. The number of ether oxygens (including phenoxy) is 2. The minimum atomic E-state index is -0.324. The molecule has 5 nitrogen and oxygen atoms in total. The van der Waals surface area contributed by atoms with Crippen molar-refractivity contribution in [2.75, 3.05) is 7.11 Å². The van der Waals surface area contributed by atoms with Gasteiger partial charge in [-0.15, -0.1) is 0 Å². The van der Waals surface area contributed by atoms with Gasteiger partial charge in [0.05, 0.1) is 18.9 Å². The van der Waals surface area contributed by atoms with Gasteiger partial charge in [0.1, 0.15) is 17.2 Å². The SMILES string of the molecule is COc1ccc(O)c(C2=NN3[C@H](C2)c2cc(Cl)ccc2O[C@H]3c2ccsc2)c1. The number of phenolic OH excluding ortho intramolecular Hbond substituents is 1. The number of nitrogens with zero attached hydrogens (tertiary/aromatic N) is 2. The Balaban J connectivity index is 1.61. The minimum Gasteiger partial charge on any atom is -0.507 e. The molecule has 2 aliphatic rings. The summed E-state index contributed by atoms with van der Waals surface area (Å²) < 4.78 is 11.6. The van der Waals surface area contributed by atoms with Crippen LogP contribution in [0.5, 0.6) is 17.2 Å². The van der Waals surface area contributed by atoms with E-state index in [4.69, 9.17) is 26.2 Å². The molecule has 1 N–H and O–H groups in total. The highest BCUT2D eigenvalue weighted by molar-refractivity contribution is 7.07. The number of benzene rings is 2. The molecule has 0 unspecified atom stereocenters. The third-order valence-electron chi connectivity index (χ3n) is 5.09. The molecule has 3 heterocycles. The number of hydrazone groups is 1. The highest BCUT2D eigenvalue weighted by Crippen LogP contribution is 2.49. The molecule has 0 aliphatic carbocycles. The normalized spacial score (nSPS) is 20.2. The second kappa shape index (κ2) is 6.72. The zero-order chi connectivity index (χ0) is 19.3. The minimum absolute atomic E-state index is 0.0204. The summed E-state index contributed by atoms with van der Waals surface area (Å²) in [6.45, 7) is 0. The molecule has 3 aromatic rings. The van der Waals surface area contributed by atoms with Crippen LogP contribution in [0.25, 0.3) is 0 Å². The molecule has 0 bridgehead atoms. The summed E-state index contributed by atoms with van der Waals surface area (Å²) >= 11 is 7.88. The number of hydrogen-bond acceptors (Lipinski definition) is 6. The standard InChI is InChI=1S/C21H17ClN2O3S/c1-26-14-3-4-19(25)15(9-14)17-10-18-16-8-13(22)2-5-20(16)27-21(24(18)23-17)12-6-7-28-11-12/h2-9,11,18,21,25H,10H2,1H3/t18-,21+/m1/s1. The van der Waals surface area contributed by atoms with Crippen LogP contribution in [-0.2, 0) is 0 Å². The Morgan fingerprint density at radius 2 is 2.14 bits per heavy atom. The zero-order valence-corrected chi connectivity index (χ0v) is 16.6. The van der Waals surface area contributed by atoms with E-state index in [9.17, 15) is 5.11 Å². The van der Waals surface area contributed by atoms with Gasteiger partial charge in [0.2, 0.25) is 6.23 Å². The van der Waals surface area contributed by atoms with Crippen LogP contribution in [0.3, 0.4) is 0 Å². The molecule has 142 valence electrons. The maximum absolute atomic E-state index is 10.4. The van der Waals surface area contributed by atoms with E-state index in [0.717, 1.165) is 22.6 Å². The first kappa shape index (κ1) is 17.4. The molecule has 0 amide bonds. The van der Waals surface area contributed by atoms with E-state index < -0.39 is 0 Å². The first-order valence-corrected chi connectivity index (χ1v) is 10.2. The molecule has 0 saturated heterocycles. The van der Waals surface area contributed by atoms with Gasteiger partial charge in [0.15, 0.2) is 0 Å². The topological polar surface area (TPSA) is 54.3 Å². The number of rotatable bonds is 3. The maximum atomic E-state index is 10.4. The monoisotopic (exact) mass is 412 g/mol. The highest BCUT2D eigenvalue weighted by Gasteiger charge is 2.41. The fraction of sp³-hybridized carbons (Fsp3) is 0.190. The third kappa shape index (κ3) is 2.80. The van der Waals surface area contributed by atoms with Gasteiger partial charge >= 0.3 is 0 Å². The molecule has 0 radical (unpaired) electrons. The number of halogens is 1. The Kier molecular flexibility index (Phi) is 4.18. The van der Waals surface area contributed by atoms with Gasteiger partial charge in [-0.2, -0.15) is 16.4 Å². The second-order valence-electron chi connectivity index (χ2n) is 6.74. The fourth-order valence-electron chi connectivity index (χ4n) is 3.73. The van der Waals surface area contributed by atoms with Crippen molar-refractivity contribution in [3.05, 3.63) is 74.9 Å². The smallest absolute Gasteiger partial charge is 0.214 e. The lowest BCUT2D eigenvalue weighted by molar-refractivity contribution is -0.0187. The van der Waals surface area contributed by atoms with Gasteiger partial charge in [-0.3, -0.25) is 0 Å². The van der Waals surface area contributed by atoms with Gasteiger partial charge in [0.25, 0.3) is 0 Å². The number of methoxy groups -OCH3 is 1.